The van der Waals surface area contributed by atoms with E-state index in [-0.39, 0.29) is 171 Å². The average Bonchev–Trinajstić information content (AvgIpc) is 0. The zero-order valence-corrected chi connectivity index (χ0v) is 21.0. The van der Waals surface area contributed by atoms with Gasteiger partial charge in [0.1, 0.15) is 0 Å². The van der Waals surface area contributed by atoms with Crippen LogP contribution in [-0.4, -0.2) is 171 Å². The van der Waals surface area contributed by atoms with Crippen molar-refractivity contribution in [3.05, 3.63) is 0 Å². The predicted octanol–water partition coefficient (Wildman–Crippen LogP) is -2.67. The van der Waals surface area contributed by atoms with E-state index in [0.717, 1.165) is 0 Å². The van der Waals surface area contributed by atoms with E-state index in [1.54, 1.807) is 0 Å². The van der Waals surface area contributed by atoms with Crippen LogP contribution in [0.4, 0.5) is 0 Å². The zero-order valence-electron chi connectivity index (χ0n) is 3.13. The number of hydrogen-bond acceptors (Lipinski definition) is 0. The summed E-state index contributed by atoms with van der Waals surface area (Å²) in [6, 6.07) is 0. The molecule has 21 radical (unpaired) electrons. The molecule has 0 heterocycles. The standard InChI is InChI=1S/7Sb. The van der Waals surface area contributed by atoms with Crippen LogP contribution in [0.25, 0.3) is 0 Å². The van der Waals surface area contributed by atoms with Crippen LogP contribution in [0, 0.1) is 0 Å². The third-order valence-corrected chi connectivity index (χ3v) is 0. The molecule has 0 aliphatic carbocycles. The third-order valence-electron chi connectivity index (χ3n) is 0. The van der Waals surface area contributed by atoms with Crippen molar-refractivity contribution in [1.82, 2.24) is 0 Å². The molecule has 35 valence electrons. The van der Waals surface area contributed by atoms with Crippen LogP contribution in [0.3, 0.4) is 0 Å². The van der Waals surface area contributed by atoms with Gasteiger partial charge in [0.05, 0.1) is 0 Å². The predicted molar refractivity (Wildman–Crippen MR) is 40.3 cm³/mol. The monoisotopic (exact) mass is 846 g/mol. The normalized spacial score (nSPS) is 0. The summed E-state index contributed by atoms with van der Waals surface area (Å²) in [5.41, 5.74) is 0. The van der Waals surface area contributed by atoms with Crippen molar-refractivity contribution in [1.29, 1.82) is 0 Å². The Balaban J connectivity index is 0. The van der Waals surface area contributed by atoms with Gasteiger partial charge < -0.3 is 0 Å². The minimum Gasteiger partial charge on any atom is 0 e. The summed E-state index contributed by atoms with van der Waals surface area (Å²) in [6.45, 7) is 0. The zero-order chi connectivity index (χ0) is 0. The fraction of sp³-hybridized carbons (Fsp3) is 0. The Hall–Kier alpha value is 5.73. The Bertz CT molecular complexity index is 0. The summed E-state index contributed by atoms with van der Waals surface area (Å²) >= 11 is 0. The molecule has 0 aromatic rings. The third kappa shape index (κ3) is 33.8. The largest absolute Gasteiger partial charge is 0 e. The van der Waals surface area contributed by atoms with Gasteiger partial charge in [0.25, 0.3) is 0 Å². The molecule has 0 saturated heterocycles. The molecular formula is Sb7. The first-order valence-electron chi connectivity index (χ1n) is 0. The van der Waals surface area contributed by atoms with Crippen LogP contribution in [0.5, 0.6) is 0 Å². The first-order valence-corrected chi connectivity index (χ1v) is 0. The average molecular weight is 852 g/mol. The van der Waals surface area contributed by atoms with Gasteiger partial charge in [-0.1, -0.05) is 0 Å². The first-order chi connectivity index (χ1) is 0. The molecule has 0 rings (SSSR count). The van der Waals surface area contributed by atoms with Gasteiger partial charge in [-0.3, -0.25) is 0 Å². The fourth-order valence-corrected chi connectivity index (χ4v) is 0. The molecule has 7 heavy (non-hydrogen) atoms. The quantitative estimate of drug-likeness (QED) is 0.234. The smallest absolute Gasteiger partial charge is 0 e. The maximum atomic E-state index is 0. The van der Waals surface area contributed by atoms with E-state index < -0.39 is 0 Å². The van der Waals surface area contributed by atoms with Gasteiger partial charge in [0.15, 0.2) is 0 Å². The Labute approximate surface area is 166 Å². The Morgan fingerprint density at radius 1 is 0.143 bits per heavy atom. The SMILES string of the molecule is [Sb].[Sb].[Sb].[Sb].[Sb].[Sb].[Sb]. The van der Waals surface area contributed by atoms with E-state index in [9.17, 15) is 0 Å². The summed E-state index contributed by atoms with van der Waals surface area (Å²) < 4.78 is 0. The van der Waals surface area contributed by atoms with E-state index in [1.165, 1.54) is 0 Å². The summed E-state index contributed by atoms with van der Waals surface area (Å²) in [4.78, 5) is 0. The van der Waals surface area contributed by atoms with Crippen molar-refractivity contribution in [3.8, 4) is 0 Å². The molecule has 0 fully saturated rings. The van der Waals surface area contributed by atoms with Crippen molar-refractivity contribution in [3.63, 3.8) is 0 Å². The second kappa shape index (κ2) is 41.1. The van der Waals surface area contributed by atoms with Gasteiger partial charge in [-0.15, -0.1) is 0 Å². The molecule has 0 aromatic heterocycles. The van der Waals surface area contributed by atoms with Crippen molar-refractivity contribution in [2.24, 2.45) is 0 Å². The van der Waals surface area contributed by atoms with Crippen molar-refractivity contribution >= 4 is 171 Å². The van der Waals surface area contributed by atoms with E-state index in [1.807, 2.05) is 0 Å². The molecule has 0 spiro atoms. The Morgan fingerprint density at radius 3 is 0.143 bits per heavy atom. The van der Waals surface area contributed by atoms with Crippen molar-refractivity contribution in [2.75, 3.05) is 0 Å². The minimum absolute atomic E-state index is 0. The van der Waals surface area contributed by atoms with Crippen LogP contribution < -0.4 is 0 Å². The minimum atomic E-state index is 0. The Kier molecular flexibility index (Phi) is 314. The van der Waals surface area contributed by atoms with Crippen LogP contribution in [-0.2, 0) is 0 Å². The van der Waals surface area contributed by atoms with Gasteiger partial charge in [-0.25, -0.2) is 0 Å². The molecule has 0 bridgehead atoms. The van der Waals surface area contributed by atoms with Crippen LogP contribution in [0.1, 0.15) is 0 Å². The molecular weight excluding hydrogens is 852 g/mol. The molecule has 0 aliphatic rings. The molecule has 0 aliphatic heterocycles. The van der Waals surface area contributed by atoms with E-state index in [0.29, 0.717) is 0 Å². The van der Waals surface area contributed by atoms with Gasteiger partial charge in [0.2, 0.25) is 0 Å². The van der Waals surface area contributed by atoms with E-state index >= 15 is 0 Å². The Morgan fingerprint density at radius 2 is 0.143 bits per heavy atom. The second-order valence-electron chi connectivity index (χ2n) is 0. The maximum absolute atomic E-state index is 0. The summed E-state index contributed by atoms with van der Waals surface area (Å²) in [6.07, 6.45) is 0. The summed E-state index contributed by atoms with van der Waals surface area (Å²) in [5, 5.41) is 0. The molecule has 0 nitrogen and oxygen atoms in total. The van der Waals surface area contributed by atoms with E-state index in [2.05, 4.69) is 0 Å². The van der Waals surface area contributed by atoms with Crippen molar-refractivity contribution in [2.45, 2.75) is 0 Å². The van der Waals surface area contributed by atoms with Crippen LogP contribution in [0.2, 0.25) is 0 Å². The maximum Gasteiger partial charge on any atom is 0 e. The van der Waals surface area contributed by atoms with Gasteiger partial charge in [-0.05, 0) is 0 Å². The fourth-order valence-electron chi connectivity index (χ4n) is 0. The van der Waals surface area contributed by atoms with Gasteiger partial charge >= 0.3 is 0 Å². The topological polar surface area (TPSA) is 0 Å². The summed E-state index contributed by atoms with van der Waals surface area (Å²) in [5.74, 6) is 0. The molecule has 0 aromatic carbocycles. The van der Waals surface area contributed by atoms with Crippen LogP contribution >= 0.6 is 0 Å². The molecule has 0 atom stereocenters. The molecule has 0 N–H and O–H groups in total. The van der Waals surface area contributed by atoms with E-state index in [4.69, 9.17) is 0 Å². The second-order valence-corrected chi connectivity index (χ2v) is 0. The first kappa shape index (κ1) is 53.4. The molecule has 0 amide bonds. The molecule has 7 heteroatoms. The molecule has 0 unspecified atom stereocenters. The van der Waals surface area contributed by atoms with Crippen molar-refractivity contribution < 1.29 is 0 Å². The van der Waals surface area contributed by atoms with Gasteiger partial charge in [0, 0.05) is 171 Å². The summed E-state index contributed by atoms with van der Waals surface area (Å²) in [7, 11) is 0. The van der Waals surface area contributed by atoms with Crippen LogP contribution in [0.15, 0.2) is 0 Å². The molecule has 0 saturated carbocycles. The number of rotatable bonds is 0. The van der Waals surface area contributed by atoms with Gasteiger partial charge in [-0.2, -0.15) is 0 Å². The number of hydrogen-bond donors (Lipinski definition) is 0.